The summed E-state index contributed by atoms with van der Waals surface area (Å²) in [5.41, 5.74) is 4.88. The van der Waals surface area contributed by atoms with Crippen molar-refractivity contribution in [1.29, 1.82) is 0 Å². The van der Waals surface area contributed by atoms with Crippen molar-refractivity contribution in [3.05, 3.63) is 51.8 Å². The average molecular weight is 347 g/mol. The van der Waals surface area contributed by atoms with E-state index in [4.69, 9.17) is 4.74 Å². The molecule has 0 bridgehead atoms. The number of aryl methyl sites for hydroxylation is 2. The predicted molar refractivity (Wildman–Crippen MR) is 89.0 cm³/mol. The average Bonchev–Trinajstić information content (AvgIpc) is 2.50. The molecule has 1 N–H and O–H groups in total. The second kappa shape index (κ2) is 6.06. The van der Waals surface area contributed by atoms with Gasteiger partial charge in [0.2, 0.25) is 0 Å². The maximum Gasteiger partial charge on any atom is 0.119 e. The summed E-state index contributed by atoms with van der Waals surface area (Å²) in [6, 6.07) is 10.8. The van der Waals surface area contributed by atoms with Crippen LogP contribution in [0.5, 0.6) is 5.75 Å². The third-order valence-electron chi connectivity index (χ3n) is 4.05. The summed E-state index contributed by atoms with van der Waals surface area (Å²) in [6.45, 7) is 2.03. The number of halogens is 1. The molecule has 0 spiro atoms. The molecule has 3 rings (SSSR count). The zero-order valence-electron chi connectivity index (χ0n) is 12.3. The third kappa shape index (κ3) is 3.05. The van der Waals surface area contributed by atoms with Crippen LogP contribution >= 0.6 is 15.9 Å². The minimum atomic E-state index is 0.325. The number of benzene rings is 1. The molecule has 0 fully saturated rings. The van der Waals surface area contributed by atoms with Crippen molar-refractivity contribution < 1.29 is 4.74 Å². The fraction of sp³-hybridized carbons (Fsp3) is 0.353. The molecule has 1 aliphatic rings. The molecule has 21 heavy (non-hydrogen) atoms. The van der Waals surface area contributed by atoms with E-state index in [9.17, 15) is 0 Å². The number of fused-ring (bicyclic) bond motifs is 1. The Bertz CT molecular complexity index is 657. The van der Waals surface area contributed by atoms with Gasteiger partial charge in [-0.15, -0.1) is 0 Å². The summed E-state index contributed by atoms with van der Waals surface area (Å²) in [5.74, 6) is 0.924. The van der Waals surface area contributed by atoms with Gasteiger partial charge in [-0.1, -0.05) is 6.07 Å². The summed E-state index contributed by atoms with van der Waals surface area (Å²) < 4.78 is 6.24. The van der Waals surface area contributed by atoms with E-state index in [1.807, 2.05) is 19.1 Å². The van der Waals surface area contributed by atoms with Gasteiger partial charge in [-0.25, -0.2) is 4.98 Å². The molecule has 1 aromatic carbocycles. The highest BCUT2D eigenvalue weighted by Gasteiger charge is 2.21. The SMILES string of the molecule is COc1ccc2c(c1)C(Nc1ccc(Br)nc1C)CCC2. The van der Waals surface area contributed by atoms with Crippen molar-refractivity contribution in [2.75, 3.05) is 12.4 Å². The Kier molecular flexibility index (Phi) is 4.15. The molecule has 0 radical (unpaired) electrons. The van der Waals surface area contributed by atoms with E-state index in [2.05, 4.69) is 44.4 Å². The number of hydrogen-bond acceptors (Lipinski definition) is 3. The van der Waals surface area contributed by atoms with Gasteiger partial charge < -0.3 is 10.1 Å². The highest BCUT2D eigenvalue weighted by atomic mass is 79.9. The van der Waals surface area contributed by atoms with Crippen molar-refractivity contribution in [2.24, 2.45) is 0 Å². The molecule has 0 amide bonds. The minimum absolute atomic E-state index is 0.325. The molecule has 4 heteroatoms. The van der Waals surface area contributed by atoms with Crippen LogP contribution in [0.4, 0.5) is 5.69 Å². The van der Waals surface area contributed by atoms with E-state index in [0.717, 1.165) is 34.6 Å². The minimum Gasteiger partial charge on any atom is -0.497 e. The van der Waals surface area contributed by atoms with Crippen LogP contribution < -0.4 is 10.1 Å². The quantitative estimate of drug-likeness (QED) is 0.821. The Morgan fingerprint density at radius 3 is 2.90 bits per heavy atom. The zero-order chi connectivity index (χ0) is 14.8. The molecule has 110 valence electrons. The first kappa shape index (κ1) is 14.4. The lowest BCUT2D eigenvalue weighted by molar-refractivity contribution is 0.413. The van der Waals surface area contributed by atoms with Crippen LogP contribution in [-0.2, 0) is 6.42 Å². The van der Waals surface area contributed by atoms with Crippen LogP contribution in [-0.4, -0.2) is 12.1 Å². The van der Waals surface area contributed by atoms with E-state index >= 15 is 0 Å². The molecular weight excluding hydrogens is 328 g/mol. The molecular formula is C17H19BrN2O. The molecule has 2 aromatic rings. The Morgan fingerprint density at radius 2 is 2.14 bits per heavy atom. The third-order valence-corrected chi connectivity index (χ3v) is 4.49. The highest BCUT2D eigenvalue weighted by Crippen LogP contribution is 2.35. The van der Waals surface area contributed by atoms with Crippen LogP contribution in [0.25, 0.3) is 0 Å². The molecule has 1 unspecified atom stereocenters. The molecule has 1 atom stereocenters. The molecule has 1 heterocycles. The maximum absolute atomic E-state index is 5.37. The lowest BCUT2D eigenvalue weighted by atomic mass is 9.87. The smallest absolute Gasteiger partial charge is 0.119 e. The zero-order valence-corrected chi connectivity index (χ0v) is 13.9. The molecule has 0 aliphatic heterocycles. The number of pyridine rings is 1. The Labute approximate surface area is 133 Å². The normalized spacial score (nSPS) is 17.2. The van der Waals surface area contributed by atoms with Crippen molar-refractivity contribution in [3.63, 3.8) is 0 Å². The molecule has 0 saturated carbocycles. The van der Waals surface area contributed by atoms with Gasteiger partial charge in [0.15, 0.2) is 0 Å². The topological polar surface area (TPSA) is 34.1 Å². The summed E-state index contributed by atoms with van der Waals surface area (Å²) in [7, 11) is 1.72. The Balaban J connectivity index is 1.90. The number of aromatic nitrogens is 1. The van der Waals surface area contributed by atoms with Gasteiger partial charge in [0.05, 0.1) is 24.5 Å². The standard InChI is InChI=1S/C17H19BrN2O/c1-11-15(8-9-17(18)19-11)20-16-5-3-4-12-6-7-13(21-2)10-14(12)16/h6-10,16,20H,3-5H2,1-2H3. The van der Waals surface area contributed by atoms with E-state index < -0.39 is 0 Å². The van der Waals surface area contributed by atoms with Gasteiger partial charge in [0.25, 0.3) is 0 Å². The van der Waals surface area contributed by atoms with Gasteiger partial charge in [-0.05, 0) is 77.5 Å². The monoisotopic (exact) mass is 346 g/mol. The molecule has 0 saturated heterocycles. The van der Waals surface area contributed by atoms with E-state index in [1.165, 1.54) is 17.5 Å². The van der Waals surface area contributed by atoms with Crippen molar-refractivity contribution in [2.45, 2.75) is 32.2 Å². The fourth-order valence-electron chi connectivity index (χ4n) is 2.92. The van der Waals surface area contributed by atoms with Crippen LogP contribution in [0.2, 0.25) is 0 Å². The summed E-state index contributed by atoms with van der Waals surface area (Å²) >= 11 is 3.41. The number of anilines is 1. The predicted octanol–water partition coefficient (Wildman–Crippen LogP) is 4.65. The first-order valence-corrected chi connectivity index (χ1v) is 8.03. The van der Waals surface area contributed by atoms with E-state index in [0.29, 0.717) is 6.04 Å². The summed E-state index contributed by atoms with van der Waals surface area (Å²) in [4.78, 5) is 4.46. The number of methoxy groups -OCH3 is 1. The number of rotatable bonds is 3. The second-order valence-electron chi connectivity index (χ2n) is 5.42. The van der Waals surface area contributed by atoms with Gasteiger partial charge in [0.1, 0.15) is 10.4 Å². The van der Waals surface area contributed by atoms with Crippen molar-refractivity contribution in [3.8, 4) is 5.75 Å². The van der Waals surface area contributed by atoms with Crippen LogP contribution in [0, 0.1) is 6.92 Å². The van der Waals surface area contributed by atoms with Crippen LogP contribution in [0.3, 0.4) is 0 Å². The van der Waals surface area contributed by atoms with Gasteiger partial charge >= 0.3 is 0 Å². The molecule has 3 nitrogen and oxygen atoms in total. The van der Waals surface area contributed by atoms with Crippen LogP contribution in [0.15, 0.2) is 34.9 Å². The number of hydrogen-bond donors (Lipinski definition) is 1. The van der Waals surface area contributed by atoms with Gasteiger partial charge in [-0.3, -0.25) is 0 Å². The van der Waals surface area contributed by atoms with Crippen molar-refractivity contribution >= 4 is 21.6 Å². The highest BCUT2D eigenvalue weighted by molar-refractivity contribution is 9.10. The number of ether oxygens (including phenoxy) is 1. The molecule has 1 aliphatic carbocycles. The summed E-state index contributed by atoms with van der Waals surface area (Å²) in [6.07, 6.45) is 3.49. The van der Waals surface area contributed by atoms with E-state index in [-0.39, 0.29) is 0 Å². The van der Waals surface area contributed by atoms with Gasteiger partial charge in [0, 0.05) is 0 Å². The Morgan fingerprint density at radius 1 is 1.29 bits per heavy atom. The largest absolute Gasteiger partial charge is 0.497 e. The lowest BCUT2D eigenvalue weighted by Crippen LogP contribution is -2.18. The van der Waals surface area contributed by atoms with E-state index in [1.54, 1.807) is 7.11 Å². The van der Waals surface area contributed by atoms with Crippen LogP contribution in [0.1, 0.15) is 35.7 Å². The maximum atomic E-state index is 5.37. The summed E-state index contributed by atoms with van der Waals surface area (Å²) in [5, 5.41) is 3.64. The first-order valence-electron chi connectivity index (χ1n) is 7.24. The number of nitrogens with zero attached hydrogens (tertiary/aromatic N) is 1. The fourth-order valence-corrected chi connectivity index (χ4v) is 3.32. The Hall–Kier alpha value is -1.55. The number of nitrogens with one attached hydrogen (secondary N) is 1. The second-order valence-corrected chi connectivity index (χ2v) is 6.23. The lowest BCUT2D eigenvalue weighted by Gasteiger charge is -2.28. The molecule has 1 aromatic heterocycles. The van der Waals surface area contributed by atoms with Crippen molar-refractivity contribution in [1.82, 2.24) is 4.98 Å². The first-order chi connectivity index (χ1) is 10.2. The van der Waals surface area contributed by atoms with Gasteiger partial charge in [-0.2, -0.15) is 0 Å².